The third kappa shape index (κ3) is 3990. The first kappa shape index (κ1) is 29.3. The second-order valence-corrected chi connectivity index (χ2v) is 2.45. The summed E-state index contributed by atoms with van der Waals surface area (Å²) in [4.78, 5) is 8.00. The van der Waals surface area contributed by atoms with Crippen LogP contribution in [-0.4, -0.2) is 41.8 Å². The molecule has 0 heterocycles. The summed E-state index contributed by atoms with van der Waals surface area (Å²) in [7, 11) is -10.3. The second-order valence-electron chi connectivity index (χ2n) is 0.816. The van der Waals surface area contributed by atoms with Crippen molar-refractivity contribution < 1.29 is 78.8 Å². The molecular weight excluding hydrogens is 351 g/mol. The molecule has 9 nitrogen and oxygen atoms in total. The van der Waals surface area contributed by atoms with Gasteiger partial charge in [0, 0.05) is 20.8 Å². The van der Waals surface area contributed by atoms with Gasteiger partial charge in [0.1, 0.15) is 6.79 Å². The second kappa shape index (κ2) is 13.7. The average Bonchev–Trinajstić information content (AvgIpc) is 1.59. The summed E-state index contributed by atoms with van der Waals surface area (Å²) in [6.45, 7) is 2.00. The van der Waals surface area contributed by atoms with Crippen molar-refractivity contribution in [1.82, 2.24) is 0 Å². The molecule has 0 fully saturated rings. The predicted molar refractivity (Wildman–Crippen MR) is 28.1 cm³/mol. The summed E-state index contributed by atoms with van der Waals surface area (Å²) >= 11 is 0. The topological polar surface area (TPSA) is 178 Å². The van der Waals surface area contributed by atoms with Gasteiger partial charge in [-0.1, -0.05) is 0 Å². The zero-order valence-electron chi connectivity index (χ0n) is 6.61. The number of carbonyl (C=O) groups is 1. The molecule has 0 N–H and O–H groups in total. The Labute approximate surface area is 106 Å². The van der Waals surface area contributed by atoms with Crippen molar-refractivity contribution >= 4 is 27.6 Å². The summed E-state index contributed by atoms with van der Waals surface area (Å²) < 4.78 is 68.2. The average molecular weight is 353 g/mol. The van der Waals surface area contributed by atoms with Gasteiger partial charge in [0.05, 0.1) is 0 Å². The molecule has 0 aliphatic rings. The van der Waals surface area contributed by atoms with Crippen LogP contribution in [0.2, 0.25) is 0 Å². The molecule has 0 saturated heterocycles. The molecular formula is CH2O9S2Zn2. The van der Waals surface area contributed by atoms with E-state index in [0.717, 1.165) is 0 Å². The molecule has 0 rings (SSSR count). The maximum Gasteiger partial charge on any atom is 2.00 e. The number of hydrogen-bond acceptors (Lipinski definition) is 9. The molecule has 76 valence electrons. The Hall–Kier alpha value is 0.657. The van der Waals surface area contributed by atoms with Crippen LogP contribution in [0.5, 0.6) is 0 Å². The van der Waals surface area contributed by atoms with Crippen LogP contribution >= 0.6 is 0 Å². The summed E-state index contributed by atoms with van der Waals surface area (Å²) in [5.41, 5.74) is 0. The van der Waals surface area contributed by atoms with Crippen LogP contribution in [0, 0.1) is 0 Å². The van der Waals surface area contributed by atoms with Crippen molar-refractivity contribution in [2.45, 2.75) is 0 Å². The SMILES string of the molecule is C=O.O=S(=O)([O-])[O-].O=S(=O)([O-])[O-].[Zn+2].[Zn+2]. The van der Waals surface area contributed by atoms with Crippen LogP contribution in [0.25, 0.3) is 0 Å². The molecule has 0 unspecified atom stereocenters. The molecule has 0 amide bonds. The Balaban J connectivity index is -0.0000000292. The molecule has 0 radical (unpaired) electrons. The molecule has 14 heavy (non-hydrogen) atoms. The van der Waals surface area contributed by atoms with E-state index in [1.807, 2.05) is 6.79 Å². The van der Waals surface area contributed by atoms with E-state index >= 15 is 0 Å². The van der Waals surface area contributed by atoms with Crippen LogP contribution < -0.4 is 0 Å². The molecule has 0 aromatic carbocycles. The maximum absolute atomic E-state index is 8.52. The summed E-state index contributed by atoms with van der Waals surface area (Å²) in [5, 5.41) is 0. The monoisotopic (exact) mass is 350 g/mol. The summed E-state index contributed by atoms with van der Waals surface area (Å²) in [5.74, 6) is 0. The molecule has 0 aliphatic heterocycles. The fourth-order valence-electron chi connectivity index (χ4n) is 0. The fraction of sp³-hybridized carbons (Fsp3) is 0. The van der Waals surface area contributed by atoms with Crippen molar-refractivity contribution in [2.24, 2.45) is 0 Å². The van der Waals surface area contributed by atoms with E-state index in [2.05, 4.69) is 0 Å². The number of carbonyl (C=O) groups excluding carboxylic acids is 1. The maximum atomic E-state index is 8.52. The van der Waals surface area contributed by atoms with Gasteiger partial charge in [0.2, 0.25) is 0 Å². The summed E-state index contributed by atoms with van der Waals surface area (Å²) in [6.07, 6.45) is 0. The third-order valence-corrected chi connectivity index (χ3v) is 0. The van der Waals surface area contributed by atoms with Gasteiger partial charge >= 0.3 is 39.0 Å². The van der Waals surface area contributed by atoms with Gasteiger partial charge in [0.15, 0.2) is 0 Å². The van der Waals surface area contributed by atoms with E-state index < -0.39 is 20.8 Å². The van der Waals surface area contributed by atoms with Gasteiger partial charge < -0.3 is 23.0 Å². The molecule has 0 atom stereocenters. The standard InChI is InChI=1S/CH2O.2H2O4S.2Zn/c1-2;2*1-5(2,3)4;;/h1H2;2*(H2,1,2,3,4);;/q;;;2*+2/p-4. The normalized spacial score (nSPS) is 8.57. The Morgan fingerprint density at radius 1 is 0.643 bits per heavy atom. The predicted octanol–water partition coefficient (Wildman–Crippen LogP) is -2.87. The quantitative estimate of drug-likeness (QED) is 0.251. The zero-order chi connectivity index (χ0) is 11.0. The van der Waals surface area contributed by atoms with Crippen molar-refractivity contribution in [3.8, 4) is 0 Å². The van der Waals surface area contributed by atoms with Gasteiger partial charge in [-0.15, -0.1) is 0 Å². The van der Waals surface area contributed by atoms with Crippen LogP contribution in [0.4, 0.5) is 0 Å². The van der Waals surface area contributed by atoms with Crippen molar-refractivity contribution in [3.63, 3.8) is 0 Å². The fourth-order valence-corrected chi connectivity index (χ4v) is 0. The van der Waals surface area contributed by atoms with Gasteiger partial charge in [-0.3, -0.25) is 16.8 Å². The van der Waals surface area contributed by atoms with E-state index in [0.29, 0.717) is 0 Å². The first-order valence-electron chi connectivity index (χ1n) is 1.62. The van der Waals surface area contributed by atoms with Gasteiger partial charge in [-0.25, -0.2) is 0 Å². The minimum atomic E-state index is -5.17. The molecule has 0 aromatic heterocycles. The minimum absolute atomic E-state index is 0. The van der Waals surface area contributed by atoms with E-state index in [9.17, 15) is 0 Å². The summed E-state index contributed by atoms with van der Waals surface area (Å²) in [6, 6.07) is 0. The van der Waals surface area contributed by atoms with Crippen molar-refractivity contribution in [2.75, 3.05) is 0 Å². The van der Waals surface area contributed by atoms with Crippen molar-refractivity contribution in [1.29, 1.82) is 0 Å². The molecule has 0 aromatic rings. The Bertz CT molecular complexity index is 230. The molecule has 13 heteroatoms. The van der Waals surface area contributed by atoms with E-state index in [4.69, 9.17) is 39.8 Å². The Morgan fingerprint density at radius 3 is 0.643 bits per heavy atom. The van der Waals surface area contributed by atoms with Gasteiger partial charge in [0.25, 0.3) is 0 Å². The minimum Gasteiger partial charge on any atom is -0.759 e. The molecule has 0 aliphatic carbocycles. The van der Waals surface area contributed by atoms with E-state index in [1.54, 1.807) is 0 Å². The van der Waals surface area contributed by atoms with Crippen molar-refractivity contribution in [3.05, 3.63) is 0 Å². The molecule has 0 spiro atoms. The van der Waals surface area contributed by atoms with Crippen LogP contribution in [0.3, 0.4) is 0 Å². The first-order chi connectivity index (χ1) is 5.00. The largest absolute Gasteiger partial charge is 2.00 e. The number of rotatable bonds is 0. The Morgan fingerprint density at radius 2 is 0.643 bits per heavy atom. The van der Waals surface area contributed by atoms with Crippen LogP contribution in [0.15, 0.2) is 0 Å². The van der Waals surface area contributed by atoms with Gasteiger partial charge in [-0.05, 0) is 0 Å². The van der Waals surface area contributed by atoms with Crippen LogP contribution in [-0.2, 0) is 64.5 Å². The van der Waals surface area contributed by atoms with E-state index in [-0.39, 0.29) is 39.0 Å². The van der Waals surface area contributed by atoms with E-state index in [1.165, 1.54) is 0 Å². The van der Waals surface area contributed by atoms with Gasteiger partial charge in [-0.2, -0.15) is 0 Å². The first-order valence-corrected chi connectivity index (χ1v) is 4.29. The van der Waals surface area contributed by atoms with Crippen LogP contribution in [0.1, 0.15) is 0 Å². The smallest absolute Gasteiger partial charge is 0.759 e. The number of hydrogen-bond donors (Lipinski definition) is 0. The zero-order valence-corrected chi connectivity index (χ0v) is 14.2. The molecule has 0 bridgehead atoms. The molecule has 0 saturated carbocycles. The third-order valence-electron chi connectivity index (χ3n) is 0. The Kier molecular flexibility index (Phi) is 28.6.